The molecule has 0 spiro atoms. The average Bonchev–Trinajstić information content (AvgIpc) is 2.66. The van der Waals surface area contributed by atoms with Crippen molar-refractivity contribution in [1.82, 2.24) is 4.90 Å². The summed E-state index contributed by atoms with van der Waals surface area (Å²) in [6.45, 7) is 0.232. The van der Waals surface area contributed by atoms with Crippen molar-refractivity contribution in [3.8, 4) is 0 Å². The minimum atomic E-state index is -5.86. The third kappa shape index (κ3) is 2.26. The van der Waals surface area contributed by atoms with E-state index in [1.54, 1.807) is 0 Å². The van der Waals surface area contributed by atoms with Gasteiger partial charge in [0.25, 0.3) is 0 Å². The van der Waals surface area contributed by atoms with Gasteiger partial charge in [0.15, 0.2) is 0 Å². The lowest BCUT2D eigenvalue weighted by Gasteiger charge is -2.28. The van der Waals surface area contributed by atoms with Crippen molar-refractivity contribution >= 4 is 5.91 Å². The fraction of sp³-hybridized carbons (Fsp3) is 0.875. The van der Waals surface area contributed by atoms with Gasteiger partial charge in [-0.25, -0.2) is 0 Å². The van der Waals surface area contributed by atoms with Gasteiger partial charge in [0.05, 0.1) is 12.6 Å². The highest BCUT2D eigenvalue weighted by Gasteiger charge is 2.64. The summed E-state index contributed by atoms with van der Waals surface area (Å²) >= 11 is 0. The van der Waals surface area contributed by atoms with Crippen molar-refractivity contribution in [3.63, 3.8) is 0 Å². The Balaban J connectivity index is 2.76. The van der Waals surface area contributed by atoms with Gasteiger partial charge in [0, 0.05) is 13.7 Å². The zero-order valence-electron chi connectivity index (χ0n) is 8.35. The standard InChI is InChI=1S/C8H10F5NO2/c1-14(5-2-3-16-4-5)6(15)7(9,10)8(11,12)13/h5H,2-4H2,1H3. The number of likely N-dealkylation sites (N-methyl/N-ethyl adjacent to an activating group) is 1. The fourth-order valence-corrected chi connectivity index (χ4v) is 1.34. The van der Waals surface area contributed by atoms with E-state index < -0.39 is 24.0 Å². The molecular weight excluding hydrogens is 237 g/mol. The van der Waals surface area contributed by atoms with Crippen molar-refractivity contribution in [2.75, 3.05) is 20.3 Å². The number of ether oxygens (including phenoxy) is 1. The van der Waals surface area contributed by atoms with Crippen molar-refractivity contribution in [3.05, 3.63) is 0 Å². The Morgan fingerprint density at radius 1 is 1.31 bits per heavy atom. The maximum atomic E-state index is 12.7. The Kier molecular flexibility index (Phi) is 3.41. The van der Waals surface area contributed by atoms with Crippen LogP contribution in [0.1, 0.15) is 6.42 Å². The molecule has 1 aliphatic heterocycles. The number of nitrogens with zero attached hydrogens (tertiary/aromatic N) is 1. The summed E-state index contributed by atoms with van der Waals surface area (Å²) in [7, 11) is 0.918. The van der Waals surface area contributed by atoms with E-state index in [-0.39, 0.29) is 19.6 Å². The SMILES string of the molecule is CN(C(=O)C(F)(F)C(F)(F)F)C1CCOC1. The molecule has 94 valence electrons. The van der Waals surface area contributed by atoms with Crippen LogP contribution in [-0.2, 0) is 9.53 Å². The maximum Gasteiger partial charge on any atom is 0.463 e. The molecule has 1 heterocycles. The van der Waals surface area contributed by atoms with Crippen LogP contribution in [0.25, 0.3) is 0 Å². The van der Waals surface area contributed by atoms with Gasteiger partial charge >= 0.3 is 18.0 Å². The van der Waals surface area contributed by atoms with Gasteiger partial charge < -0.3 is 9.64 Å². The lowest BCUT2D eigenvalue weighted by Crippen LogP contribution is -2.53. The predicted molar refractivity (Wildman–Crippen MR) is 43.0 cm³/mol. The third-order valence-corrected chi connectivity index (χ3v) is 2.40. The molecular formula is C8H10F5NO2. The quantitative estimate of drug-likeness (QED) is 0.691. The Morgan fingerprint density at radius 3 is 2.25 bits per heavy atom. The van der Waals surface area contributed by atoms with E-state index in [2.05, 4.69) is 0 Å². The second kappa shape index (κ2) is 4.15. The monoisotopic (exact) mass is 247 g/mol. The summed E-state index contributed by atoms with van der Waals surface area (Å²) in [6, 6.07) is -0.722. The zero-order valence-corrected chi connectivity index (χ0v) is 8.35. The van der Waals surface area contributed by atoms with Crippen LogP contribution in [0.5, 0.6) is 0 Å². The number of hydrogen-bond donors (Lipinski definition) is 0. The van der Waals surface area contributed by atoms with Crippen molar-refractivity contribution in [1.29, 1.82) is 0 Å². The summed E-state index contributed by atoms with van der Waals surface area (Å²) in [5.74, 6) is -7.58. The fourth-order valence-electron chi connectivity index (χ4n) is 1.34. The molecule has 3 nitrogen and oxygen atoms in total. The molecule has 1 rings (SSSR count). The van der Waals surface area contributed by atoms with Crippen LogP contribution in [0.4, 0.5) is 22.0 Å². The molecule has 1 atom stereocenters. The van der Waals surface area contributed by atoms with Crippen LogP contribution in [-0.4, -0.2) is 49.2 Å². The lowest BCUT2D eigenvalue weighted by atomic mass is 10.2. The molecule has 1 saturated heterocycles. The Hall–Kier alpha value is -0.920. The molecule has 0 aliphatic carbocycles. The van der Waals surface area contributed by atoms with E-state index in [4.69, 9.17) is 4.74 Å². The van der Waals surface area contributed by atoms with Crippen LogP contribution in [0.15, 0.2) is 0 Å². The molecule has 1 fully saturated rings. The summed E-state index contributed by atoms with van der Waals surface area (Å²) in [4.78, 5) is 11.4. The van der Waals surface area contributed by atoms with E-state index in [1.807, 2.05) is 0 Å². The van der Waals surface area contributed by atoms with Gasteiger partial charge in [-0.2, -0.15) is 22.0 Å². The number of alkyl halides is 5. The number of carbonyl (C=O) groups excluding carboxylic acids is 1. The Morgan fingerprint density at radius 2 is 1.88 bits per heavy atom. The first-order valence-electron chi connectivity index (χ1n) is 4.47. The number of carbonyl (C=O) groups is 1. The van der Waals surface area contributed by atoms with Gasteiger partial charge in [0.1, 0.15) is 0 Å². The summed E-state index contributed by atoms with van der Waals surface area (Å²) < 4.78 is 65.9. The molecule has 0 aromatic rings. The number of rotatable bonds is 2. The van der Waals surface area contributed by atoms with Crippen molar-refractivity contribution in [2.24, 2.45) is 0 Å². The normalized spacial score (nSPS) is 22.2. The van der Waals surface area contributed by atoms with Crippen LogP contribution in [0.2, 0.25) is 0 Å². The van der Waals surface area contributed by atoms with Crippen molar-refractivity contribution < 1.29 is 31.5 Å². The van der Waals surface area contributed by atoms with Gasteiger partial charge in [-0.1, -0.05) is 0 Å². The number of halogens is 5. The molecule has 0 saturated carbocycles. The van der Waals surface area contributed by atoms with Gasteiger partial charge in [-0.05, 0) is 6.42 Å². The van der Waals surface area contributed by atoms with Crippen LogP contribution in [0.3, 0.4) is 0 Å². The first-order chi connectivity index (χ1) is 7.18. The molecule has 1 aliphatic rings. The van der Waals surface area contributed by atoms with E-state index in [0.717, 1.165) is 7.05 Å². The highest BCUT2D eigenvalue weighted by Crippen LogP contribution is 2.37. The average molecular weight is 247 g/mol. The number of hydrogen-bond acceptors (Lipinski definition) is 2. The third-order valence-electron chi connectivity index (χ3n) is 2.40. The first kappa shape index (κ1) is 13.1. The summed E-state index contributed by atoms with van der Waals surface area (Å²) in [5.41, 5.74) is 0. The second-order valence-electron chi connectivity index (χ2n) is 3.51. The molecule has 1 amide bonds. The van der Waals surface area contributed by atoms with Crippen molar-refractivity contribution in [2.45, 2.75) is 24.6 Å². The van der Waals surface area contributed by atoms with Gasteiger partial charge in [-0.15, -0.1) is 0 Å². The van der Waals surface area contributed by atoms with E-state index in [1.165, 1.54) is 0 Å². The Labute approximate surface area is 88.2 Å². The van der Waals surface area contributed by atoms with Crippen LogP contribution >= 0.6 is 0 Å². The molecule has 16 heavy (non-hydrogen) atoms. The summed E-state index contributed by atoms with van der Waals surface area (Å²) in [6.07, 6.45) is -5.60. The van der Waals surface area contributed by atoms with Gasteiger partial charge in [0.2, 0.25) is 0 Å². The highest BCUT2D eigenvalue weighted by molar-refractivity contribution is 5.84. The largest absolute Gasteiger partial charge is 0.463 e. The van der Waals surface area contributed by atoms with Crippen LogP contribution in [0, 0.1) is 0 Å². The molecule has 1 unspecified atom stereocenters. The van der Waals surface area contributed by atoms with E-state index >= 15 is 0 Å². The molecule has 0 bridgehead atoms. The minimum absolute atomic E-state index is 0.0177. The predicted octanol–water partition coefficient (Wildman–Crippen LogP) is 1.43. The van der Waals surface area contributed by atoms with Crippen LogP contribution < -0.4 is 0 Å². The smallest absolute Gasteiger partial charge is 0.379 e. The summed E-state index contributed by atoms with van der Waals surface area (Å²) in [5, 5.41) is 0. The van der Waals surface area contributed by atoms with E-state index in [0.29, 0.717) is 4.90 Å². The molecule has 8 heteroatoms. The van der Waals surface area contributed by atoms with Gasteiger partial charge in [-0.3, -0.25) is 4.79 Å². The minimum Gasteiger partial charge on any atom is -0.379 e. The topological polar surface area (TPSA) is 29.5 Å². The maximum absolute atomic E-state index is 12.7. The molecule has 0 radical (unpaired) electrons. The number of amides is 1. The zero-order chi connectivity index (χ0) is 12.6. The first-order valence-corrected chi connectivity index (χ1v) is 4.47. The highest BCUT2D eigenvalue weighted by atomic mass is 19.4. The second-order valence-corrected chi connectivity index (χ2v) is 3.51. The Bertz CT molecular complexity index is 272. The van der Waals surface area contributed by atoms with E-state index in [9.17, 15) is 26.7 Å². The molecule has 0 N–H and O–H groups in total. The molecule has 0 aromatic carbocycles. The lowest BCUT2D eigenvalue weighted by molar-refractivity contribution is -0.274. The molecule has 0 aromatic heterocycles.